The van der Waals surface area contributed by atoms with Crippen LogP contribution in [0.4, 0.5) is 28.4 Å². The van der Waals surface area contributed by atoms with Crippen molar-refractivity contribution in [2.75, 3.05) is 9.80 Å². The maximum absolute atomic E-state index is 2.86. The maximum Gasteiger partial charge on any atom is 0.252 e. The van der Waals surface area contributed by atoms with Crippen LogP contribution in [0.1, 0.15) is 149 Å². The van der Waals surface area contributed by atoms with Gasteiger partial charge in [-0.2, -0.15) is 0 Å². The third-order valence-corrected chi connectivity index (χ3v) is 20.1. The molecule has 0 spiro atoms. The zero-order valence-corrected chi connectivity index (χ0v) is 45.6. The average Bonchev–Trinajstić information content (AvgIpc) is 4.02. The van der Waals surface area contributed by atoms with Gasteiger partial charge in [0, 0.05) is 75.9 Å². The summed E-state index contributed by atoms with van der Waals surface area (Å²) in [5.41, 5.74) is 24.3. The van der Waals surface area contributed by atoms with Crippen LogP contribution in [0.3, 0.4) is 0 Å². The zero-order chi connectivity index (χ0) is 50.0. The van der Waals surface area contributed by atoms with E-state index in [2.05, 4.69) is 232 Å². The van der Waals surface area contributed by atoms with Crippen LogP contribution in [0.5, 0.6) is 0 Å². The summed E-state index contributed by atoms with van der Waals surface area (Å²) in [6, 6.07) is 51.2. The molecular weight excluding hydrogens is 890 g/mol. The average molecular weight is 958 g/mol. The summed E-state index contributed by atoms with van der Waals surface area (Å²) in [6.07, 6.45) is 4.81. The van der Waals surface area contributed by atoms with Crippen molar-refractivity contribution in [3.05, 3.63) is 161 Å². The molecule has 3 nitrogen and oxygen atoms in total. The molecule has 0 saturated heterocycles. The lowest BCUT2D eigenvalue weighted by Gasteiger charge is -2.51. The van der Waals surface area contributed by atoms with Gasteiger partial charge in [-0.25, -0.2) is 0 Å². The Morgan fingerprint density at radius 1 is 0.528 bits per heavy atom. The molecule has 2 unspecified atom stereocenters. The number of fused-ring (bicyclic) bond motifs is 15. The second-order valence-electron chi connectivity index (χ2n) is 26.5. The molecule has 14 rings (SSSR count). The lowest BCUT2D eigenvalue weighted by atomic mass is 9.33. The number of aromatic nitrogens is 1. The molecule has 5 heteroatoms. The predicted octanol–water partition coefficient (Wildman–Crippen LogP) is 16.6. The van der Waals surface area contributed by atoms with Crippen molar-refractivity contribution >= 4 is 94.0 Å². The number of thiophene rings is 1. The number of anilines is 5. The molecule has 2 aliphatic carbocycles. The highest BCUT2D eigenvalue weighted by atomic mass is 32.1. The fourth-order valence-corrected chi connectivity index (χ4v) is 16.0. The maximum atomic E-state index is 2.86. The van der Waals surface area contributed by atoms with Crippen LogP contribution in [0.15, 0.2) is 127 Å². The molecule has 72 heavy (non-hydrogen) atoms. The van der Waals surface area contributed by atoms with E-state index in [1.54, 1.807) is 0 Å². The topological polar surface area (TPSA) is 11.4 Å². The van der Waals surface area contributed by atoms with Gasteiger partial charge in [0.2, 0.25) is 0 Å². The predicted molar refractivity (Wildman–Crippen MR) is 312 cm³/mol. The van der Waals surface area contributed by atoms with Crippen LogP contribution in [0, 0.1) is 0 Å². The minimum atomic E-state index is -0.193. The molecule has 1 saturated carbocycles. The van der Waals surface area contributed by atoms with Crippen LogP contribution >= 0.6 is 11.3 Å². The van der Waals surface area contributed by atoms with E-state index in [1.807, 2.05) is 11.3 Å². The first kappa shape index (κ1) is 44.6. The molecule has 0 bridgehead atoms. The Morgan fingerprint density at radius 3 is 1.99 bits per heavy atom. The third-order valence-electron chi connectivity index (χ3n) is 18.9. The summed E-state index contributed by atoms with van der Waals surface area (Å²) in [5.74, 6) is 0. The minimum absolute atomic E-state index is 0.0177. The second-order valence-corrected chi connectivity index (χ2v) is 27.6. The number of hydrogen-bond acceptors (Lipinski definition) is 3. The lowest BCUT2D eigenvalue weighted by molar-refractivity contribution is 0.195. The number of rotatable bonds is 2. The van der Waals surface area contributed by atoms with Gasteiger partial charge in [-0.3, -0.25) is 0 Å². The van der Waals surface area contributed by atoms with Gasteiger partial charge < -0.3 is 14.4 Å². The highest BCUT2D eigenvalue weighted by Gasteiger charge is 2.58. The normalized spacial score (nSPS) is 20.5. The second kappa shape index (κ2) is 14.2. The van der Waals surface area contributed by atoms with Crippen LogP contribution in [0.25, 0.3) is 48.0 Å². The van der Waals surface area contributed by atoms with E-state index in [1.165, 1.54) is 145 Å². The summed E-state index contributed by atoms with van der Waals surface area (Å²) in [6.45, 7) is 31.7. The van der Waals surface area contributed by atoms with Crippen LogP contribution in [0.2, 0.25) is 0 Å². The molecule has 2 aromatic heterocycles. The van der Waals surface area contributed by atoms with Crippen molar-refractivity contribution < 1.29 is 0 Å². The Balaban J connectivity index is 1.18. The standard InChI is InChI=1S/C67H68BN3S/c1-62(2,3)39-28-30-50-47(34-39)66(12)31-18-19-32-67(66,13)71(50)42-37-53-59-54(38-42)70-60-45(58-61(70)43-21-14-16-23-46(43)65(58,10)11)33-41(64(7,8)9)35-49(60)68(59)48-29-27-40(63(4,5)6)36-52(48)69(53)51-24-20-26-56-57(51)44-22-15-17-25-55(44)72-56/h14-17,20-30,33-38H,18-19,31-32H2,1-13H3. The molecular formula is C67H68BN3S. The number of nitrogens with zero attached hydrogens (tertiary/aromatic N) is 3. The lowest BCUT2D eigenvalue weighted by Crippen LogP contribution is -2.61. The van der Waals surface area contributed by atoms with Crippen LogP contribution in [-0.4, -0.2) is 16.8 Å². The highest BCUT2D eigenvalue weighted by Crippen LogP contribution is 2.63. The molecule has 3 aliphatic heterocycles. The molecule has 9 aromatic rings. The molecule has 5 heterocycles. The zero-order valence-electron chi connectivity index (χ0n) is 44.8. The molecule has 2 atom stereocenters. The van der Waals surface area contributed by atoms with Gasteiger partial charge in [0.25, 0.3) is 6.71 Å². The fourth-order valence-electron chi connectivity index (χ4n) is 14.9. The summed E-state index contributed by atoms with van der Waals surface area (Å²) in [7, 11) is 0. The van der Waals surface area contributed by atoms with E-state index in [4.69, 9.17) is 0 Å². The highest BCUT2D eigenvalue weighted by molar-refractivity contribution is 7.26. The molecule has 1 fully saturated rings. The van der Waals surface area contributed by atoms with Gasteiger partial charge in [-0.1, -0.05) is 175 Å². The molecule has 0 N–H and O–H groups in total. The van der Waals surface area contributed by atoms with Gasteiger partial charge in [0.05, 0.1) is 16.9 Å². The van der Waals surface area contributed by atoms with Crippen molar-refractivity contribution in [2.24, 2.45) is 0 Å². The molecule has 5 aliphatic rings. The fraction of sp³-hybridized carbons (Fsp3) is 0.343. The van der Waals surface area contributed by atoms with Crippen molar-refractivity contribution in [2.45, 2.75) is 148 Å². The molecule has 0 amide bonds. The van der Waals surface area contributed by atoms with E-state index in [0.29, 0.717) is 0 Å². The SMILES string of the molecule is CC(C)(C)c1ccc2c(c1)N(c1cccc3sc4ccccc4c13)c1cc(N3c4ccc(C(C)(C)C)cc4C4(C)CCCCC34C)cc3c1B2c1cc(C(C)(C)C)cc2c4c(n-3c12)-c1ccccc1C4(C)C. The molecule has 7 aromatic carbocycles. The summed E-state index contributed by atoms with van der Waals surface area (Å²) in [5, 5.41) is 4.07. The van der Waals surface area contributed by atoms with E-state index in [9.17, 15) is 0 Å². The molecule has 0 radical (unpaired) electrons. The summed E-state index contributed by atoms with van der Waals surface area (Å²) >= 11 is 1.92. The first-order chi connectivity index (χ1) is 34.1. The first-order valence-corrected chi connectivity index (χ1v) is 27.7. The van der Waals surface area contributed by atoms with Crippen molar-refractivity contribution in [3.8, 4) is 16.9 Å². The number of hydrogen-bond donors (Lipinski definition) is 0. The van der Waals surface area contributed by atoms with Crippen molar-refractivity contribution in [3.63, 3.8) is 0 Å². The van der Waals surface area contributed by atoms with E-state index in [0.717, 1.165) is 6.42 Å². The van der Waals surface area contributed by atoms with Crippen molar-refractivity contribution in [1.29, 1.82) is 0 Å². The van der Waals surface area contributed by atoms with Gasteiger partial charge in [-0.15, -0.1) is 11.3 Å². The first-order valence-electron chi connectivity index (χ1n) is 26.9. The minimum Gasteiger partial charge on any atom is -0.334 e. The number of benzene rings is 7. The van der Waals surface area contributed by atoms with E-state index < -0.39 is 0 Å². The molecule has 360 valence electrons. The Kier molecular flexibility index (Phi) is 8.79. The van der Waals surface area contributed by atoms with E-state index >= 15 is 0 Å². The Hall–Kier alpha value is -6.04. The Bertz CT molecular complexity index is 3860. The van der Waals surface area contributed by atoms with Gasteiger partial charge in [0.1, 0.15) is 0 Å². The van der Waals surface area contributed by atoms with Crippen LogP contribution < -0.4 is 26.2 Å². The van der Waals surface area contributed by atoms with Crippen LogP contribution in [-0.2, 0) is 27.1 Å². The Labute approximate surface area is 432 Å². The van der Waals surface area contributed by atoms with Crippen molar-refractivity contribution in [1.82, 2.24) is 4.57 Å². The smallest absolute Gasteiger partial charge is 0.252 e. The third kappa shape index (κ3) is 5.64. The van der Waals surface area contributed by atoms with E-state index in [-0.39, 0.29) is 39.3 Å². The largest absolute Gasteiger partial charge is 0.334 e. The monoisotopic (exact) mass is 958 g/mol. The van der Waals surface area contributed by atoms with Gasteiger partial charge >= 0.3 is 0 Å². The van der Waals surface area contributed by atoms with Gasteiger partial charge in [-0.05, 0) is 134 Å². The van der Waals surface area contributed by atoms with Gasteiger partial charge in [0.15, 0.2) is 0 Å². The quantitative estimate of drug-likeness (QED) is 0.160. The summed E-state index contributed by atoms with van der Waals surface area (Å²) < 4.78 is 5.44. The summed E-state index contributed by atoms with van der Waals surface area (Å²) in [4.78, 5) is 5.60. The Morgan fingerprint density at radius 2 is 1.21 bits per heavy atom.